The van der Waals surface area contributed by atoms with E-state index in [-0.39, 0.29) is 23.0 Å². The number of rotatable bonds is 2. The maximum atomic E-state index is 9.42. The molecule has 1 unspecified atom stereocenters. The molecule has 0 spiro atoms. The zero-order valence-corrected chi connectivity index (χ0v) is 15.4. The molecule has 0 bridgehead atoms. The van der Waals surface area contributed by atoms with Crippen LogP contribution >= 0.6 is 0 Å². The molecule has 2 aromatic heterocycles. The number of aliphatic imine (C=N–C) groups is 1. The predicted molar refractivity (Wildman–Crippen MR) is 108 cm³/mol. The Morgan fingerprint density at radius 1 is 1.28 bits per heavy atom. The van der Waals surface area contributed by atoms with Crippen LogP contribution in [0.4, 0.5) is 17.3 Å². The smallest absolute Gasteiger partial charge is 0.211 e. The van der Waals surface area contributed by atoms with E-state index in [1.54, 1.807) is 10.9 Å². The van der Waals surface area contributed by atoms with Gasteiger partial charge >= 0.3 is 0 Å². The van der Waals surface area contributed by atoms with Crippen LogP contribution in [0, 0.1) is 29.7 Å². The molecule has 1 aliphatic rings. The number of aryl methyl sites for hydroxylation is 1. The molecule has 0 saturated carbocycles. The first kappa shape index (κ1) is 17.8. The average molecular weight is 384 g/mol. The number of aromatic nitrogens is 3. The molecule has 0 amide bonds. The molecule has 3 heterocycles. The molecule has 0 radical (unpaired) electrons. The Morgan fingerprint density at radius 2 is 2.10 bits per heavy atom. The molecule has 0 aliphatic carbocycles. The van der Waals surface area contributed by atoms with Crippen molar-refractivity contribution in [2.75, 3.05) is 16.8 Å². The number of nitrogens with two attached hydrogens (primary N) is 2. The Balaban J connectivity index is 1.89. The second-order valence-corrected chi connectivity index (χ2v) is 6.39. The average Bonchev–Trinajstić information content (AvgIpc) is 3.22. The van der Waals surface area contributed by atoms with Crippen molar-refractivity contribution >= 4 is 23.3 Å². The standard InChI is InChI=1S/C19H16N10/c1-10-7-11(29-6-2-5-25-29)3-4-12(10)16-14-15(22)13(8-20)17(23)27-18(14)28-19(26-16)24-9-21/h2-7,16H,1H3,(H6,22,23,24,26,27,28). The van der Waals surface area contributed by atoms with Crippen LogP contribution < -0.4 is 22.1 Å². The van der Waals surface area contributed by atoms with E-state index in [4.69, 9.17) is 16.7 Å². The summed E-state index contributed by atoms with van der Waals surface area (Å²) < 4.78 is 1.75. The minimum absolute atomic E-state index is 0.0129. The van der Waals surface area contributed by atoms with Gasteiger partial charge in [0.2, 0.25) is 5.96 Å². The third-order valence-corrected chi connectivity index (χ3v) is 4.67. The maximum absolute atomic E-state index is 9.42. The minimum Gasteiger partial charge on any atom is -0.397 e. The molecule has 0 saturated heterocycles. The SMILES string of the molecule is Cc1cc(-n2cccn2)ccc1C1N=C(NC#N)Nc2nc(N)c(C#N)c(N)c21. The summed E-state index contributed by atoms with van der Waals surface area (Å²) in [5.41, 5.74) is 15.7. The molecule has 4 rings (SSSR count). The van der Waals surface area contributed by atoms with E-state index < -0.39 is 6.04 Å². The summed E-state index contributed by atoms with van der Waals surface area (Å²) in [4.78, 5) is 8.84. The molecule has 10 heteroatoms. The number of fused-ring (bicyclic) bond motifs is 1. The minimum atomic E-state index is -0.575. The fraction of sp³-hybridized carbons (Fsp3) is 0.105. The number of benzene rings is 1. The second-order valence-electron chi connectivity index (χ2n) is 6.39. The Labute approximate surface area is 166 Å². The summed E-state index contributed by atoms with van der Waals surface area (Å²) >= 11 is 0. The highest BCUT2D eigenvalue weighted by atomic mass is 15.3. The van der Waals surface area contributed by atoms with Gasteiger partial charge < -0.3 is 16.8 Å². The highest BCUT2D eigenvalue weighted by molar-refractivity contribution is 5.98. The lowest BCUT2D eigenvalue weighted by atomic mass is 9.92. The molecule has 142 valence electrons. The molecular formula is C19H16N10. The fourth-order valence-electron chi connectivity index (χ4n) is 3.34. The molecule has 10 nitrogen and oxygen atoms in total. The van der Waals surface area contributed by atoms with Crippen LogP contribution in [0.15, 0.2) is 41.7 Å². The lowest BCUT2D eigenvalue weighted by molar-refractivity contribution is 0.831. The summed E-state index contributed by atoms with van der Waals surface area (Å²) in [7, 11) is 0. The number of nitrogens with one attached hydrogen (secondary N) is 2. The van der Waals surface area contributed by atoms with Gasteiger partial charge in [-0.15, -0.1) is 0 Å². The quantitative estimate of drug-likeness (QED) is 0.381. The number of nitrogens with zero attached hydrogens (tertiary/aromatic N) is 6. The van der Waals surface area contributed by atoms with Gasteiger partial charge in [-0.05, 0) is 36.2 Å². The third-order valence-electron chi connectivity index (χ3n) is 4.67. The Kier molecular flexibility index (Phi) is 4.22. The van der Waals surface area contributed by atoms with Gasteiger partial charge in [-0.1, -0.05) is 6.07 Å². The van der Waals surface area contributed by atoms with Gasteiger partial charge in [0.05, 0.1) is 11.4 Å². The fourth-order valence-corrected chi connectivity index (χ4v) is 3.34. The van der Waals surface area contributed by atoms with Crippen molar-refractivity contribution in [1.82, 2.24) is 20.1 Å². The first-order chi connectivity index (χ1) is 14.0. The van der Waals surface area contributed by atoms with Gasteiger partial charge in [-0.2, -0.15) is 15.6 Å². The number of hydrogen-bond acceptors (Lipinski definition) is 9. The van der Waals surface area contributed by atoms with Gasteiger partial charge in [-0.25, -0.2) is 14.7 Å². The van der Waals surface area contributed by atoms with E-state index in [9.17, 15) is 5.26 Å². The summed E-state index contributed by atoms with van der Waals surface area (Å²) in [6.07, 6.45) is 5.39. The van der Waals surface area contributed by atoms with Crippen molar-refractivity contribution in [3.8, 4) is 17.9 Å². The molecule has 1 atom stereocenters. The van der Waals surface area contributed by atoms with Crippen molar-refractivity contribution in [3.63, 3.8) is 0 Å². The Bertz CT molecular complexity index is 1210. The maximum Gasteiger partial charge on any atom is 0.211 e. The van der Waals surface area contributed by atoms with Gasteiger partial charge in [0.1, 0.15) is 29.3 Å². The van der Waals surface area contributed by atoms with Crippen molar-refractivity contribution in [1.29, 1.82) is 10.5 Å². The van der Waals surface area contributed by atoms with Crippen LogP contribution in [-0.4, -0.2) is 20.7 Å². The third kappa shape index (κ3) is 2.95. The number of anilines is 3. The molecule has 3 aromatic rings. The summed E-state index contributed by atoms with van der Waals surface area (Å²) in [6.45, 7) is 1.95. The van der Waals surface area contributed by atoms with E-state index >= 15 is 0 Å². The van der Waals surface area contributed by atoms with E-state index in [0.29, 0.717) is 11.4 Å². The van der Waals surface area contributed by atoms with Crippen LogP contribution in [0.2, 0.25) is 0 Å². The first-order valence-corrected chi connectivity index (χ1v) is 8.63. The number of nitriles is 2. The predicted octanol–water partition coefficient (Wildman–Crippen LogP) is 1.55. The van der Waals surface area contributed by atoms with Crippen LogP contribution in [0.1, 0.15) is 28.3 Å². The first-order valence-electron chi connectivity index (χ1n) is 8.63. The van der Waals surface area contributed by atoms with Crippen LogP contribution in [-0.2, 0) is 0 Å². The lowest BCUT2D eigenvalue weighted by Gasteiger charge is -2.27. The van der Waals surface area contributed by atoms with Crippen LogP contribution in [0.3, 0.4) is 0 Å². The molecular weight excluding hydrogens is 368 g/mol. The van der Waals surface area contributed by atoms with Crippen molar-refractivity contribution in [2.24, 2.45) is 4.99 Å². The highest BCUT2D eigenvalue weighted by Crippen LogP contribution is 2.41. The largest absolute Gasteiger partial charge is 0.397 e. The molecule has 6 N–H and O–H groups in total. The van der Waals surface area contributed by atoms with Crippen molar-refractivity contribution in [2.45, 2.75) is 13.0 Å². The van der Waals surface area contributed by atoms with Crippen LogP contribution in [0.5, 0.6) is 0 Å². The molecule has 1 aromatic carbocycles. The monoisotopic (exact) mass is 384 g/mol. The molecule has 29 heavy (non-hydrogen) atoms. The number of nitrogen functional groups attached to an aromatic ring is 2. The molecule has 1 aliphatic heterocycles. The van der Waals surface area contributed by atoms with E-state index in [1.165, 1.54) is 0 Å². The van der Waals surface area contributed by atoms with E-state index in [2.05, 4.69) is 25.7 Å². The lowest BCUT2D eigenvalue weighted by Crippen LogP contribution is -2.33. The highest BCUT2D eigenvalue weighted by Gasteiger charge is 2.30. The second kappa shape index (κ2) is 6.87. The number of pyridine rings is 1. The number of hydrogen-bond donors (Lipinski definition) is 4. The Morgan fingerprint density at radius 3 is 2.76 bits per heavy atom. The Hall–Kier alpha value is -4.57. The number of guanidine groups is 1. The molecule has 0 fully saturated rings. The summed E-state index contributed by atoms with van der Waals surface area (Å²) in [5, 5.41) is 28.1. The van der Waals surface area contributed by atoms with Crippen LogP contribution in [0.25, 0.3) is 5.69 Å². The summed E-state index contributed by atoms with van der Waals surface area (Å²) in [6, 6.07) is 9.07. The van der Waals surface area contributed by atoms with Gasteiger partial charge in [0.15, 0.2) is 6.19 Å². The van der Waals surface area contributed by atoms with Crippen molar-refractivity contribution in [3.05, 3.63) is 58.9 Å². The van der Waals surface area contributed by atoms with Gasteiger partial charge in [-0.3, -0.25) is 5.32 Å². The topological polar surface area (TPSA) is 167 Å². The normalized spacial score (nSPS) is 14.7. The van der Waals surface area contributed by atoms with E-state index in [0.717, 1.165) is 16.8 Å². The van der Waals surface area contributed by atoms with Gasteiger partial charge in [0, 0.05) is 18.0 Å². The zero-order chi connectivity index (χ0) is 20.5. The van der Waals surface area contributed by atoms with Gasteiger partial charge in [0.25, 0.3) is 0 Å². The summed E-state index contributed by atoms with van der Waals surface area (Å²) in [5.74, 6) is 0.586. The zero-order valence-electron chi connectivity index (χ0n) is 15.4. The van der Waals surface area contributed by atoms with E-state index in [1.807, 2.05) is 49.6 Å². The van der Waals surface area contributed by atoms with Crippen molar-refractivity contribution < 1.29 is 0 Å².